The SMILES string of the molecule is O=C(Cc1cccc(C(F)(F)F)c1)N1CCCCC(c2ccc(Cl)cc2)C1. The minimum absolute atomic E-state index is 0.0166. The van der Waals surface area contributed by atoms with Crippen LogP contribution < -0.4 is 0 Å². The number of rotatable bonds is 3. The Morgan fingerprint density at radius 2 is 1.85 bits per heavy atom. The van der Waals surface area contributed by atoms with Crippen LogP contribution in [0.4, 0.5) is 13.2 Å². The van der Waals surface area contributed by atoms with Crippen molar-refractivity contribution < 1.29 is 18.0 Å². The standard InChI is InChI=1S/C21H21ClF3NO/c22-19-9-7-16(8-10-19)17-5-1-2-11-26(14-17)20(27)13-15-4-3-6-18(12-15)21(23,24)25/h3-4,6-10,12,17H,1-2,5,11,13-14H2. The molecule has 1 aliphatic heterocycles. The van der Waals surface area contributed by atoms with Gasteiger partial charge in [0.25, 0.3) is 0 Å². The van der Waals surface area contributed by atoms with Gasteiger partial charge in [-0.3, -0.25) is 4.79 Å². The van der Waals surface area contributed by atoms with Gasteiger partial charge in [0.1, 0.15) is 0 Å². The Bertz CT molecular complexity index is 789. The van der Waals surface area contributed by atoms with Crippen molar-refractivity contribution in [2.45, 2.75) is 37.8 Å². The van der Waals surface area contributed by atoms with Crippen molar-refractivity contribution in [2.24, 2.45) is 0 Å². The van der Waals surface area contributed by atoms with Crippen molar-refractivity contribution in [3.8, 4) is 0 Å². The van der Waals surface area contributed by atoms with E-state index in [1.165, 1.54) is 6.07 Å². The summed E-state index contributed by atoms with van der Waals surface area (Å²) < 4.78 is 38.6. The first-order chi connectivity index (χ1) is 12.8. The molecule has 0 saturated carbocycles. The van der Waals surface area contributed by atoms with E-state index in [1.54, 1.807) is 11.0 Å². The van der Waals surface area contributed by atoms with Crippen molar-refractivity contribution in [1.29, 1.82) is 0 Å². The molecule has 27 heavy (non-hydrogen) atoms. The van der Waals surface area contributed by atoms with Gasteiger partial charge in [0.05, 0.1) is 12.0 Å². The first-order valence-electron chi connectivity index (χ1n) is 9.02. The fourth-order valence-corrected chi connectivity index (χ4v) is 3.65. The molecule has 144 valence electrons. The number of hydrogen-bond donors (Lipinski definition) is 0. The Morgan fingerprint density at radius 1 is 1.11 bits per heavy atom. The number of benzene rings is 2. The van der Waals surface area contributed by atoms with Gasteiger partial charge in [-0.2, -0.15) is 13.2 Å². The second kappa shape index (κ2) is 8.34. The van der Waals surface area contributed by atoms with Crippen molar-refractivity contribution in [1.82, 2.24) is 4.90 Å². The van der Waals surface area contributed by atoms with E-state index in [2.05, 4.69) is 0 Å². The Hall–Kier alpha value is -2.01. The van der Waals surface area contributed by atoms with E-state index in [-0.39, 0.29) is 18.2 Å². The number of alkyl halides is 3. The average molecular weight is 396 g/mol. The highest BCUT2D eigenvalue weighted by Crippen LogP contribution is 2.30. The van der Waals surface area contributed by atoms with Crippen LogP contribution in [0.15, 0.2) is 48.5 Å². The first-order valence-corrected chi connectivity index (χ1v) is 9.40. The largest absolute Gasteiger partial charge is 0.416 e. The summed E-state index contributed by atoms with van der Waals surface area (Å²) in [6.45, 7) is 1.22. The molecule has 1 atom stereocenters. The van der Waals surface area contributed by atoms with Gasteiger partial charge in [-0.1, -0.05) is 48.4 Å². The number of carbonyl (C=O) groups excluding carboxylic acids is 1. The van der Waals surface area contributed by atoms with Crippen LogP contribution in [0.2, 0.25) is 5.02 Å². The topological polar surface area (TPSA) is 20.3 Å². The molecule has 1 unspecified atom stereocenters. The summed E-state index contributed by atoms with van der Waals surface area (Å²) in [5.74, 6) is 0.0883. The zero-order valence-electron chi connectivity index (χ0n) is 14.8. The molecule has 0 radical (unpaired) electrons. The van der Waals surface area contributed by atoms with Gasteiger partial charge in [0.2, 0.25) is 5.91 Å². The molecule has 1 saturated heterocycles. The predicted molar refractivity (Wildman–Crippen MR) is 99.8 cm³/mol. The molecule has 1 heterocycles. The maximum absolute atomic E-state index is 12.9. The molecule has 1 aliphatic rings. The van der Waals surface area contributed by atoms with Crippen LogP contribution in [0.1, 0.15) is 41.9 Å². The quantitative estimate of drug-likeness (QED) is 0.653. The monoisotopic (exact) mass is 395 g/mol. The van der Waals surface area contributed by atoms with Gasteiger partial charge >= 0.3 is 6.18 Å². The number of carbonyl (C=O) groups is 1. The van der Waals surface area contributed by atoms with Gasteiger partial charge < -0.3 is 4.90 Å². The van der Waals surface area contributed by atoms with E-state index in [4.69, 9.17) is 11.6 Å². The van der Waals surface area contributed by atoms with Crippen molar-refractivity contribution >= 4 is 17.5 Å². The van der Waals surface area contributed by atoms with Crippen LogP contribution >= 0.6 is 11.6 Å². The van der Waals surface area contributed by atoms with Crippen LogP contribution in [0.5, 0.6) is 0 Å². The van der Waals surface area contributed by atoms with Gasteiger partial charge in [-0.05, 0) is 42.2 Å². The third-order valence-electron chi connectivity index (χ3n) is 4.98. The van der Waals surface area contributed by atoms with Gasteiger partial charge in [-0.25, -0.2) is 0 Å². The van der Waals surface area contributed by atoms with E-state index < -0.39 is 11.7 Å². The predicted octanol–water partition coefficient (Wildman–Crippen LogP) is 5.70. The Kier molecular flexibility index (Phi) is 6.10. The summed E-state index contributed by atoms with van der Waals surface area (Å²) in [7, 11) is 0. The lowest BCUT2D eigenvalue weighted by atomic mass is 9.94. The molecule has 6 heteroatoms. The number of halogens is 4. The molecule has 1 amide bonds. The van der Waals surface area contributed by atoms with Crippen LogP contribution in [0.25, 0.3) is 0 Å². The lowest BCUT2D eigenvalue weighted by Crippen LogP contribution is -2.35. The minimum Gasteiger partial charge on any atom is -0.342 e. The molecule has 2 aromatic carbocycles. The molecular weight excluding hydrogens is 375 g/mol. The maximum Gasteiger partial charge on any atom is 0.416 e. The normalized spacial score (nSPS) is 18.2. The molecule has 0 spiro atoms. The second-order valence-corrected chi connectivity index (χ2v) is 7.40. The van der Waals surface area contributed by atoms with Crippen molar-refractivity contribution in [3.63, 3.8) is 0 Å². The van der Waals surface area contributed by atoms with E-state index in [9.17, 15) is 18.0 Å². The van der Waals surface area contributed by atoms with Gasteiger partial charge in [0.15, 0.2) is 0 Å². The van der Waals surface area contributed by atoms with Crippen molar-refractivity contribution in [2.75, 3.05) is 13.1 Å². The van der Waals surface area contributed by atoms with Crippen LogP contribution in [0.3, 0.4) is 0 Å². The van der Waals surface area contributed by atoms with Crippen molar-refractivity contribution in [3.05, 3.63) is 70.2 Å². The van der Waals surface area contributed by atoms with Crippen LogP contribution in [0, 0.1) is 0 Å². The molecule has 0 N–H and O–H groups in total. The number of hydrogen-bond acceptors (Lipinski definition) is 1. The van der Waals surface area contributed by atoms with E-state index >= 15 is 0 Å². The summed E-state index contributed by atoms with van der Waals surface area (Å²) in [5, 5.41) is 0.671. The zero-order valence-corrected chi connectivity index (χ0v) is 15.6. The smallest absolute Gasteiger partial charge is 0.342 e. The first kappa shape index (κ1) is 19.7. The molecule has 0 aliphatic carbocycles. The zero-order chi connectivity index (χ0) is 19.4. The van der Waals surface area contributed by atoms with E-state index in [1.807, 2.05) is 24.3 Å². The molecule has 1 fully saturated rings. The highest BCUT2D eigenvalue weighted by Gasteiger charge is 2.31. The lowest BCUT2D eigenvalue weighted by Gasteiger charge is -2.25. The second-order valence-electron chi connectivity index (χ2n) is 6.96. The van der Waals surface area contributed by atoms with E-state index in [0.29, 0.717) is 23.7 Å². The number of likely N-dealkylation sites (tertiary alicyclic amines) is 1. The number of amides is 1. The van der Waals surface area contributed by atoms with Crippen LogP contribution in [-0.2, 0) is 17.4 Å². The van der Waals surface area contributed by atoms with E-state index in [0.717, 1.165) is 37.0 Å². The maximum atomic E-state index is 12.9. The summed E-state index contributed by atoms with van der Waals surface area (Å²) >= 11 is 5.95. The fourth-order valence-electron chi connectivity index (χ4n) is 3.52. The average Bonchev–Trinajstić information content (AvgIpc) is 2.88. The number of nitrogens with zero attached hydrogens (tertiary/aromatic N) is 1. The highest BCUT2D eigenvalue weighted by atomic mass is 35.5. The summed E-state index contributed by atoms with van der Waals surface area (Å²) in [6.07, 6.45) is -1.52. The Morgan fingerprint density at radius 3 is 2.56 bits per heavy atom. The molecule has 0 bridgehead atoms. The highest BCUT2D eigenvalue weighted by molar-refractivity contribution is 6.30. The third kappa shape index (κ3) is 5.25. The molecule has 2 nitrogen and oxygen atoms in total. The van der Waals surface area contributed by atoms with Gasteiger partial charge in [-0.15, -0.1) is 0 Å². The third-order valence-corrected chi connectivity index (χ3v) is 5.23. The molecular formula is C21H21ClF3NO. The van der Waals surface area contributed by atoms with Crippen LogP contribution in [-0.4, -0.2) is 23.9 Å². The molecule has 0 aromatic heterocycles. The summed E-state index contributed by atoms with van der Waals surface area (Å²) in [4.78, 5) is 14.5. The summed E-state index contributed by atoms with van der Waals surface area (Å²) in [5.41, 5.74) is 0.808. The van der Waals surface area contributed by atoms with Gasteiger partial charge in [0, 0.05) is 24.0 Å². The Balaban J connectivity index is 1.71. The lowest BCUT2D eigenvalue weighted by molar-refractivity contribution is -0.138. The minimum atomic E-state index is -4.40. The summed E-state index contributed by atoms with van der Waals surface area (Å²) in [6, 6.07) is 12.7. The molecule has 3 rings (SSSR count). The molecule has 2 aromatic rings. The fraction of sp³-hybridized carbons (Fsp3) is 0.381. The Labute approximate surface area is 161 Å².